The topological polar surface area (TPSA) is 110 Å². The van der Waals surface area contributed by atoms with Gasteiger partial charge in [0, 0.05) is 12.1 Å². The van der Waals surface area contributed by atoms with Crippen LogP contribution >= 0.6 is 0 Å². The molecule has 7 heteroatoms. The summed E-state index contributed by atoms with van der Waals surface area (Å²) in [5.74, 6) is -1.25. The van der Waals surface area contributed by atoms with E-state index in [0.29, 0.717) is 5.56 Å². The van der Waals surface area contributed by atoms with Crippen LogP contribution in [0.15, 0.2) is 30.3 Å². The van der Waals surface area contributed by atoms with Gasteiger partial charge in [-0.3, -0.25) is 14.9 Å². The van der Waals surface area contributed by atoms with Crippen molar-refractivity contribution in [1.82, 2.24) is 0 Å². The van der Waals surface area contributed by atoms with Gasteiger partial charge < -0.3 is 4.74 Å². The van der Waals surface area contributed by atoms with Gasteiger partial charge in [0.2, 0.25) is 0 Å². The third-order valence-corrected chi connectivity index (χ3v) is 3.80. The van der Waals surface area contributed by atoms with E-state index in [-0.39, 0.29) is 33.9 Å². The zero-order valence-electron chi connectivity index (χ0n) is 13.8. The zero-order valence-corrected chi connectivity index (χ0v) is 13.8. The summed E-state index contributed by atoms with van der Waals surface area (Å²) in [4.78, 5) is 34.3. The van der Waals surface area contributed by atoms with Crippen LogP contribution in [0.5, 0.6) is 5.75 Å². The summed E-state index contributed by atoms with van der Waals surface area (Å²) in [5, 5.41) is 20.0. The van der Waals surface area contributed by atoms with Gasteiger partial charge in [0.05, 0.1) is 21.6 Å². The van der Waals surface area contributed by atoms with E-state index in [1.165, 1.54) is 31.2 Å². The van der Waals surface area contributed by atoms with Crippen molar-refractivity contribution >= 4 is 17.4 Å². The van der Waals surface area contributed by atoms with Crippen LogP contribution in [0.3, 0.4) is 0 Å². The van der Waals surface area contributed by atoms with Crippen molar-refractivity contribution in [1.29, 1.82) is 5.26 Å². The Balaban J connectivity index is 2.47. The Morgan fingerprint density at radius 2 is 1.80 bits per heavy atom. The van der Waals surface area contributed by atoms with Gasteiger partial charge in [-0.1, -0.05) is 0 Å². The molecule has 0 heterocycles. The van der Waals surface area contributed by atoms with E-state index < -0.39 is 10.9 Å². The number of carbonyl (C=O) groups is 2. The maximum atomic E-state index is 12.3. The highest BCUT2D eigenvalue weighted by atomic mass is 16.6. The second kappa shape index (κ2) is 6.93. The van der Waals surface area contributed by atoms with E-state index in [9.17, 15) is 25.0 Å². The number of nitro groups is 1. The van der Waals surface area contributed by atoms with E-state index in [1.54, 1.807) is 19.9 Å². The van der Waals surface area contributed by atoms with E-state index in [2.05, 4.69) is 0 Å². The highest BCUT2D eigenvalue weighted by Gasteiger charge is 2.21. The highest BCUT2D eigenvalue weighted by Crippen LogP contribution is 2.30. The molecule has 0 spiro atoms. The molecule has 126 valence electrons. The zero-order chi connectivity index (χ0) is 18.7. The molecular weight excluding hydrogens is 324 g/mol. The molecule has 0 fully saturated rings. The first-order chi connectivity index (χ1) is 11.8. The van der Waals surface area contributed by atoms with Crippen molar-refractivity contribution in [2.24, 2.45) is 0 Å². The smallest absolute Gasteiger partial charge is 0.343 e. The van der Waals surface area contributed by atoms with Gasteiger partial charge in [-0.05, 0) is 50.1 Å². The van der Waals surface area contributed by atoms with Crippen LogP contribution < -0.4 is 4.74 Å². The number of nitriles is 1. The van der Waals surface area contributed by atoms with Crippen LogP contribution in [-0.4, -0.2) is 16.7 Å². The molecule has 7 nitrogen and oxygen atoms in total. The monoisotopic (exact) mass is 338 g/mol. The summed E-state index contributed by atoms with van der Waals surface area (Å²) in [6.45, 7) is 4.76. The van der Waals surface area contributed by atoms with Crippen LogP contribution in [0.4, 0.5) is 5.69 Å². The molecule has 0 saturated heterocycles. The van der Waals surface area contributed by atoms with Crippen molar-refractivity contribution in [2.45, 2.75) is 20.8 Å². The minimum absolute atomic E-state index is 0.0715. The van der Waals surface area contributed by atoms with Gasteiger partial charge in [-0.15, -0.1) is 0 Å². The first-order valence-electron chi connectivity index (χ1n) is 7.28. The second-order valence-electron chi connectivity index (χ2n) is 5.43. The van der Waals surface area contributed by atoms with E-state index in [4.69, 9.17) is 4.74 Å². The van der Waals surface area contributed by atoms with Gasteiger partial charge in [0.1, 0.15) is 6.07 Å². The average Bonchev–Trinajstić information content (AvgIpc) is 2.58. The molecular formula is C18H14N2O5. The predicted octanol–water partition coefficient (Wildman–Crippen LogP) is 3.51. The maximum Gasteiger partial charge on any atom is 0.343 e. The number of esters is 1. The van der Waals surface area contributed by atoms with E-state index in [0.717, 1.165) is 5.56 Å². The molecule has 2 rings (SSSR count). The molecule has 0 N–H and O–H groups in total. The summed E-state index contributed by atoms with van der Waals surface area (Å²) in [6, 6.07) is 8.38. The lowest BCUT2D eigenvalue weighted by Gasteiger charge is -2.14. The molecule has 0 bridgehead atoms. The molecule has 0 aliphatic heterocycles. The van der Waals surface area contributed by atoms with Crippen molar-refractivity contribution in [3.8, 4) is 11.8 Å². The molecule has 2 aromatic carbocycles. The number of aryl methyl sites for hydroxylation is 1. The molecule has 0 aliphatic rings. The summed E-state index contributed by atoms with van der Waals surface area (Å²) in [6.07, 6.45) is 0. The van der Waals surface area contributed by atoms with Crippen molar-refractivity contribution in [2.75, 3.05) is 0 Å². The van der Waals surface area contributed by atoms with Crippen LogP contribution in [-0.2, 0) is 0 Å². The number of Topliss-reactive ketones (excluding diaryl/α,β-unsaturated/α-hetero) is 1. The van der Waals surface area contributed by atoms with Crippen LogP contribution in [0.1, 0.15) is 44.3 Å². The number of benzene rings is 2. The Morgan fingerprint density at radius 3 is 2.28 bits per heavy atom. The third kappa shape index (κ3) is 3.53. The molecule has 0 unspecified atom stereocenters. The highest BCUT2D eigenvalue weighted by molar-refractivity contribution is 6.00. The number of rotatable bonds is 4. The molecule has 0 radical (unpaired) electrons. The van der Waals surface area contributed by atoms with Gasteiger partial charge in [-0.2, -0.15) is 5.26 Å². The number of ketones is 1. The van der Waals surface area contributed by atoms with E-state index in [1.807, 2.05) is 6.07 Å². The fourth-order valence-corrected chi connectivity index (χ4v) is 2.27. The number of hydrogen-bond donors (Lipinski definition) is 0. The molecule has 0 aromatic heterocycles. The first kappa shape index (κ1) is 17.8. The Kier molecular flexibility index (Phi) is 4.94. The summed E-state index contributed by atoms with van der Waals surface area (Å²) in [7, 11) is 0. The average molecular weight is 338 g/mol. The van der Waals surface area contributed by atoms with Gasteiger partial charge >= 0.3 is 5.97 Å². The van der Waals surface area contributed by atoms with Crippen molar-refractivity contribution < 1.29 is 19.2 Å². The molecule has 2 aromatic rings. The molecule has 0 amide bonds. The second-order valence-corrected chi connectivity index (χ2v) is 5.43. The number of nitro benzene ring substituents is 1. The van der Waals surface area contributed by atoms with Gasteiger partial charge in [0.25, 0.3) is 5.69 Å². The SMILES string of the molecule is CC(=O)c1cc(C)c(C)c(C#N)c1OC(=O)c1ccc([N+](=O)[O-])cc1. The maximum absolute atomic E-state index is 12.3. The van der Waals surface area contributed by atoms with Crippen LogP contribution in [0, 0.1) is 35.3 Å². The molecule has 0 saturated carbocycles. The minimum atomic E-state index is -0.808. The summed E-state index contributed by atoms with van der Waals surface area (Å²) in [5.41, 5.74) is 1.50. The fraction of sp³-hybridized carbons (Fsp3) is 0.167. The van der Waals surface area contributed by atoms with Crippen molar-refractivity contribution in [3.63, 3.8) is 0 Å². The summed E-state index contributed by atoms with van der Waals surface area (Å²) < 4.78 is 5.30. The Hall–Kier alpha value is -3.53. The fourth-order valence-electron chi connectivity index (χ4n) is 2.27. The first-order valence-corrected chi connectivity index (χ1v) is 7.28. The van der Waals surface area contributed by atoms with Crippen LogP contribution in [0.25, 0.3) is 0 Å². The summed E-state index contributed by atoms with van der Waals surface area (Å²) >= 11 is 0. The molecule has 25 heavy (non-hydrogen) atoms. The number of nitrogens with zero attached hydrogens (tertiary/aromatic N) is 2. The number of non-ortho nitro benzene ring substituents is 1. The lowest BCUT2D eigenvalue weighted by molar-refractivity contribution is -0.384. The third-order valence-electron chi connectivity index (χ3n) is 3.80. The molecule has 0 aliphatic carbocycles. The largest absolute Gasteiger partial charge is 0.421 e. The molecule has 0 atom stereocenters. The standard InChI is InChI=1S/C18H14N2O5/c1-10-8-15(12(3)21)17(16(9-19)11(10)2)25-18(22)13-4-6-14(7-5-13)20(23)24/h4-8H,1-3H3. The minimum Gasteiger partial charge on any atom is -0.421 e. The Bertz CT molecular complexity index is 924. The lowest BCUT2D eigenvalue weighted by atomic mass is 9.97. The van der Waals surface area contributed by atoms with Gasteiger partial charge in [0.15, 0.2) is 11.5 Å². The van der Waals surface area contributed by atoms with Crippen LogP contribution in [0.2, 0.25) is 0 Å². The Labute approximate surface area is 143 Å². The van der Waals surface area contributed by atoms with E-state index >= 15 is 0 Å². The normalized spacial score (nSPS) is 10.0. The lowest BCUT2D eigenvalue weighted by Crippen LogP contribution is -2.13. The Morgan fingerprint density at radius 1 is 1.20 bits per heavy atom. The number of hydrogen-bond acceptors (Lipinski definition) is 6. The quantitative estimate of drug-likeness (QED) is 0.277. The number of ether oxygens (including phenoxy) is 1. The van der Waals surface area contributed by atoms with Crippen molar-refractivity contribution in [3.05, 3.63) is 68.3 Å². The predicted molar refractivity (Wildman–Crippen MR) is 88.7 cm³/mol. The number of carbonyl (C=O) groups excluding carboxylic acids is 2. The van der Waals surface area contributed by atoms with Gasteiger partial charge in [-0.25, -0.2) is 4.79 Å².